The monoisotopic (exact) mass is 325 g/mol. The topological polar surface area (TPSA) is 118 Å². The fraction of sp³-hybridized carbons (Fsp3) is 0.0625. The lowest BCUT2D eigenvalue weighted by molar-refractivity contribution is -0.254. The lowest BCUT2D eigenvalue weighted by atomic mass is 10.0. The smallest absolute Gasteiger partial charge is 0.188 e. The number of fused-ring (bicyclic) bond motifs is 1. The average Bonchev–Trinajstić information content (AvgIpc) is 2.53. The Morgan fingerprint density at radius 1 is 1.17 bits per heavy atom. The van der Waals surface area contributed by atoms with E-state index in [0.29, 0.717) is 27.4 Å². The maximum absolute atomic E-state index is 11.2. The standard InChI is InChI=1S/C16H14N4O2S/c1-23-16-19-11-6-5-10(15(21)22)13(18)12(11)14(20-16)8-3-2-4-9(17)7-8/h2-7H,17-18H2,1H3,(H,21,22)/p-1. The number of hydrogen-bond donors (Lipinski definition) is 2. The van der Waals surface area contributed by atoms with Crippen molar-refractivity contribution in [1.29, 1.82) is 0 Å². The molecular formula is C16H13N4O2S-. The van der Waals surface area contributed by atoms with Gasteiger partial charge in [-0.05, 0) is 30.5 Å². The quantitative estimate of drug-likeness (QED) is 0.426. The lowest BCUT2D eigenvalue weighted by Crippen LogP contribution is -2.23. The van der Waals surface area contributed by atoms with E-state index in [1.165, 1.54) is 17.8 Å². The molecule has 0 fully saturated rings. The maximum Gasteiger partial charge on any atom is 0.188 e. The zero-order chi connectivity index (χ0) is 16.6. The Morgan fingerprint density at radius 3 is 2.61 bits per heavy atom. The summed E-state index contributed by atoms with van der Waals surface area (Å²) in [4.78, 5) is 20.1. The molecule has 7 heteroatoms. The average molecular weight is 325 g/mol. The Labute approximate surface area is 136 Å². The van der Waals surface area contributed by atoms with Crippen LogP contribution >= 0.6 is 11.8 Å². The number of anilines is 2. The van der Waals surface area contributed by atoms with Gasteiger partial charge in [-0.25, -0.2) is 9.97 Å². The summed E-state index contributed by atoms with van der Waals surface area (Å²) in [6, 6.07) is 10.2. The summed E-state index contributed by atoms with van der Waals surface area (Å²) in [7, 11) is 0. The highest BCUT2D eigenvalue weighted by molar-refractivity contribution is 7.98. The van der Waals surface area contributed by atoms with Crippen molar-refractivity contribution in [3.63, 3.8) is 0 Å². The molecule has 0 spiro atoms. The van der Waals surface area contributed by atoms with Crippen molar-refractivity contribution in [3.05, 3.63) is 42.0 Å². The number of aromatic carboxylic acids is 1. The molecule has 0 unspecified atom stereocenters. The summed E-state index contributed by atoms with van der Waals surface area (Å²) < 4.78 is 0. The number of benzene rings is 2. The Morgan fingerprint density at radius 2 is 1.96 bits per heavy atom. The molecule has 116 valence electrons. The van der Waals surface area contributed by atoms with E-state index in [1.54, 1.807) is 24.3 Å². The molecule has 3 rings (SSSR count). The van der Waals surface area contributed by atoms with Gasteiger partial charge < -0.3 is 21.4 Å². The second-order valence-corrected chi connectivity index (χ2v) is 5.67. The molecule has 0 aliphatic heterocycles. The molecule has 0 saturated heterocycles. The van der Waals surface area contributed by atoms with Crippen molar-refractivity contribution >= 4 is 40.0 Å². The van der Waals surface area contributed by atoms with E-state index in [4.69, 9.17) is 11.5 Å². The highest BCUT2D eigenvalue weighted by Gasteiger charge is 2.15. The minimum absolute atomic E-state index is 0.0804. The molecule has 0 amide bonds. The molecule has 1 aromatic heterocycles. The molecule has 6 nitrogen and oxygen atoms in total. The van der Waals surface area contributed by atoms with Crippen LogP contribution in [-0.2, 0) is 0 Å². The first-order valence-electron chi connectivity index (χ1n) is 6.72. The summed E-state index contributed by atoms with van der Waals surface area (Å²) in [5.41, 5.74) is 14.3. The van der Waals surface area contributed by atoms with E-state index in [-0.39, 0.29) is 11.3 Å². The van der Waals surface area contributed by atoms with Gasteiger partial charge in [0.05, 0.1) is 28.3 Å². The van der Waals surface area contributed by atoms with Crippen molar-refractivity contribution in [2.24, 2.45) is 0 Å². The predicted octanol–water partition coefficient (Wildman–Crippen LogP) is 1.55. The molecule has 2 aromatic carbocycles. The molecule has 4 N–H and O–H groups in total. The maximum atomic E-state index is 11.2. The minimum Gasteiger partial charge on any atom is -0.545 e. The van der Waals surface area contributed by atoms with E-state index in [9.17, 15) is 9.90 Å². The van der Waals surface area contributed by atoms with Crippen LogP contribution in [0, 0.1) is 0 Å². The van der Waals surface area contributed by atoms with Crippen LogP contribution in [-0.4, -0.2) is 22.2 Å². The SMILES string of the molecule is CSc1nc(-c2cccc(N)c2)c2c(N)c(C(=O)[O-])ccc2n1. The number of nitrogens with zero attached hydrogens (tertiary/aromatic N) is 2. The predicted molar refractivity (Wildman–Crippen MR) is 89.9 cm³/mol. The van der Waals surface area contributed by atoms with Crippen molar-refractivity contribution in [1.82, 2.24) is 9.97 Å². The van der Waals surface area contributed by atoms with Gasteiger partial charge in [0.2, 0.25) is 0 Å². The van der Waals surface area contributed by atoms with Crippen LogP contribution in [0.4, 0.5) is 11.4 Å². The Kier molecular flexibility index (Phi) is 3.79. The number of thioether (sulfide) groups is 1. The summed E-state index contributed by atoms with van der Waals surface area (Å²) in [5, 5.41) is 12.3. The second kappa shape index (κ2) is 5.77. The molecule has 3 aromatic rings. The van der Waals surface area contributed by atoms with Gasteiger partial charge in [0.15, 0.2) is 5.16 Å². The van der Waals surface area contributed by atoms with E-state index in [1.807, 2.05) is 12.3 Å². The first kappa shape index (κ1) is 15.1. The third kappa shape index (κ3) is 2.66. The van der Waals surface area contributed by atoms with Crippen LogP contribution in [0.2, 0.25) is 0 Å². The zero-order valence-corrected chi connectivity index (χ0v) is 13.1. The second-order valence-electron chi connectivity index (χ2n) is 4.89. The number of carbonyl (C=O) groups is 1. The van der Waals surface area contributed by atoms with Crippen LogP contribution in [0.1, 0.15) is 10.4 Å². The number of rotatable bonds is 3. The number of carboxylic acid groups (broad SMARTS) is 1. The molecule has 0 aliphatic rings. The fourth-order valence-corrected chi connectivity index (χ4v) is 2.77. The van der Waals surface area contributed by atoms with Gasteiger partial charge in [-0.15, -0.1) is 0 Å². The van der Waals surface area contributed by atoms with Crippen LogP contribution in [0.25, 0.3) is 22.2 Å². The van der Waals surface area contributed by atoms with Gasteiger partial charge in [-0.3, -0.25) is 0 Å². The van der Waals surface area contributed by atoms with Crippen LogP contribution in [0.5, 0.6) is 0 Å². The molecule has 23 heavy (non-hydrogen) atoms. The summed E-state index contributed by atoms with van der Waals surface area (Å²) >= 11 is 1.39. The summed E-state index contributed by atoms with van der Waals surface area (Å²) in [6.07, 6.45) is 1.86. The minimum atomic E-state index is -1.34. The Hall–Kier alpha value is -2.80. The van der Waals surface area contributed by atoms with Gasteiger partial charge in [0, 0.05) is 16.8 Å². The summed E-state index contributed by atoms with van der Waals surface area (Å²) in [5.74, 6) is -1.34. The normalized spacial score (nSPS) is 10.8. The third-order valence-corrected chi connectivity index (χ3v) is 3.99. The fourth-order valence-electron chi connectivity index (χ4n) is 2.39. The molecule has 0 saturated carbocycles. The van der Waals surface area contributed by atoms with Crippen LogP contribution in [0.3, 0.4) is 0 Å². The van der Waals surface area contributed by atoms with Gasteiger partial charge >= 0.3 is 0 Å². The molecule has 0 aliphatic carbocycles. The third-order valence-electron chi connectivity index (χ3n) is 3.45. The number of hydrogen-bond acceptors (Lipinski definition) is 7. The van der Waals surface area contributed by atoms with Crippen molar-refractivity contribution in [2.75, 3.05) is 17.7 Å². The van der Waals surface area contributed by atoms with Gasteiger partial charge in [-0.2, -0.15) is 0 Å². The number of aromatic nitrogens is 2. The molecule has 0 atom stereocenters. The van der Waals surface area contributed by atoms with Crippen LogP contribution in [0.15, 0.2) is 41.6 Å². The number of nitrogen functional groups attached to an aromatic ring is 2. The number of carbonyl (C=O) groups excluding carboxylic acids is 1. The first-order chi connectivity index (χ1) is 11.0. The first-order valence-corrected chi connectivity index (χ1v) is 7.95. The molecule has 1 heterocycles. The lowest BCUT2D eigenvalue weighted by Gasteiger charge is -2.14. The van der Waals surface area contributed by atoms with E-state index < -0.39 is 5.97 Å². The van der Waals surface area contributed by atoms with Crippen molar-refractivity contribution in [2.45, 2.75) is 5.16 Å². The van der Waals surface area contributed by atoms with Gasteiger partial charge in [0.25, 0.3) is 0 Å². The van der Waals surface area contributed by atoms with E-state index in [0.717, 1.165) is 5.56 Å². The number of nitrogens with two attached hydrogens (primary N) is 2. The van der Waals surface area contributed by atoms with Gasteiger partial charge in [0.1, 0.15) is 0 Å². The van der Waals surface area contributed by atoms with Crippen LogP contribution < -0.4 is 16.6 Å². The molecule has 0 radical (unpaired) electrons. The van der Waals surface area contributed by atoms with Gasteiger partial charge in [-0.1, -0.05) is 23.9 Å². The molecule has 0 bridgehead atoms. The Balaban J connectivity index is 2.42. The largest absolute Gasteiger partial charge is 0.545 e. The molecular weight excluding hydrogens is 312 g/mol. The number of carboxylic acids is 1. The highest BCUT2D eigenvalue weighted by atomic mass is 32.2. The van der Waals surface area contributed by atoms with Crippen molar-refractivity contribution in [3.8, 4) is 11.3 Å². The zero-order valence-electron chi connectivity index (χ0n) is 12.2. The van der Waals surface area contributed by atoms with E-state index >= 15 is 0 Å². The summed E-state index contributed by atoms with van der Waals surface area (Å²) in [6.45, 7) is 0. The van der Waals surface area contributed by atoms with E-state index in [2.05, 4.69) is 9.97 Å². The highest BCUT2D eigenvalue weighted by Crippen LogP contribution is 2.34. The van der Waals surface area contributed by atoms with Crippen molar-refractivity contribution < 1.29 is 9.90 Å². The Bertz CT molecular complexity index is 927.